The summed E-state index contributed by atoms with van der Waals surface area (Å²) in [4.78, 5) is 28.0. The summed E-state index contributed by atoms with van der Waals surface area (Å²) in [7, 11) is -3.89. The molecule has 2 amide bonds. The molecule has 4 rings (SSSR count). The van der Waals surface area contributed by atoms with Gasteiger partial charge in [0.05, 0.1) is 11.4 Å². The number of rotatable bonds is 10. The van der Waals surface area contributed by atoms with E-state index in [2.05, 4.69) is 5.32 Å². The molecule has 2 aromatic carbocycles. The number of halogens is 1. The largest absolute Gasteiger partial charge is 0.454 e. The van der Waals surface area contributed by atoms with Crippen LogP contribution in [0.25, 0.3) is 0 Å². The Kier molecular flexibility index (Phi) is 8.21. The van der Waals surface area contributed by atoms with Gasteiger partial charge >= 0.3 is 0 Å². The summed E-state index contributed by atoms with van der Waals surface area (Å²) >= 11 is 0. The summed E-state index contributed by atoms with van der Waals surface area (Å²) < 4.78 is 52.3. The molecular weight excluding hydrogens is 501 g/mol. The molecule has 1 N–H and O–H groups in total. The van der Waals surface area contributed by atoms with Crippen LogP contribution in [0.4, 0.5) is 10.1 Å². The van der Waals surface area contributed by atoms with Gasteiger partial charge in [-0.25, -0.2) is 12.8 Å². The summed E-state index contributed by atoms with van der Waals surface area (Å²) in [5.74, 6) is -0.912. The lowest BCUT2D eigenvalue weighted by Crippen LogP contribution is -2.52. The third-order valence-corrected chi connectivity index (χ3v) is 8.53. The standard InChI is InChI=1S/C26H32FN3O6S/c1-3-37(33,34)30(21-12-13-23-24(14-21)36-17-35-23)16-25(31)29(15-19-8-4-7-11-22(19)27)18(2)26(32)28-20-9-5-6-10-20/h4,7-8,11-14,18,20H,3,5-6,9-10,15-17H2,1-2H3,(H,28,32)/t18-/m0/s1. The highest BCUT2D eigenvalue weighted by Gasteiger charge is 2.33. The Labute approximate surface area is 216 Å². The molecule has 1 aliphatic carbocycles. The maximum atomic E-state index is 14.5. The first-order valence-electron chi connectivity index (χ1n) is 12.4. The molecule has 1 heterocycles. The molecule has 1 fully saturated rings. The van der Waals surface area contributed by atoms with E-state index < -0.39 is 34.3 Å². The van der Waals surface area contributed by atoms with Gasteiger partial charge < -0.3 is 19.7 Å². The summed E-state index contributed by atoms with van der Waals surface area (Å²) in [6, 6.07) is 9.70. The SMILES string of the molecule is CCS(=O)(=O)N(CC(=O)N(Cc1ccccc1F)[C@@H](C)C(=O)NC1CCCC1)c1ccc2c(c1)OCO2. The quantitative estimate of drug-likeness (QED) is 0.503. The van der Waals surface area contributed by atoms with Gasteiger partial charge in [0.1, 0.15) is 18.4 Å². The van der Waals surface area contributed by atoms with Gasteiger partial charge in [-0.1, -0.05) is 31.0 Å². The Morgan fingerprint density at radius 2 is 1.81 bits per heavy atom. The molecule has 0 spiro atoms. The fourth-order valence-corrected chi connectivity index (χ4v) is 5.60. The Morgan fingerprint density at radius 3 is 2.51 bits per heavy atom. The molecule has 11 heteroatoms. The van der Waals surface area contributed by atoms with Crippen molar-refractivity contribution in [2.45, 2.75) is 58.2 Å². The fourth-order valence-electron chi connectivity index (χ4n) is 4.54. The predicted octanol–water partition coefficient (Wildman–Crippen LogP) is 3.19. The molecule has 2 aliphatic rings. The first kappa shape index (κ1) is 26.7. The number of nitrogens with zero attached hydrogens (tertiary/aromatic N) is 2. The van der Waals surface area contributed by atoms with Crippen molar-refractivity contribution in [3.8, 4) is 11.5 Å². The Morgan fingerprint density at radius 1 is 1.11 bits per heavy atom. The molecule has 0 unspecified atom stereocenters. The lowest BCUT2D eigenvalue weighted by molar-refractivity contribution is -0.139. The van der Waals surface area contributed by atoms with Crippen LogP contribution in [0.1, 0.15) is 45.1 Å². The van der Waals surface area contributed by atoms with E-state index in [4.69, 9.17) is 9.47 Å². The maximum Gasteiger partial charge on any atom is 0.244 e. The first-order valence-corrected chi connectivity index (χ1v) is 14.0. The second-order valence-corrected chi connectivity index (χ2v) is 11.4. The molecule has 1 aliphatic heterocycles. The third-order valence-electron chi connectivity index (χ3n) is 6.79. The van der Waals surface area contributed by atoms with Crippen molar-refractivity contribution in [3.05, 3.63) is 53.8 Å². The number of sulfonamides is 1. The van der Waals surface area contributed by atoms with Gasteiger partial charge in [0.15, 0.2) is 11.5 Å². The number of ether oxygens (including phenoxy) is 2. The first-order chi connectivity index (χ1) is 17.7. The van der Waals surface area contributed by atoms with Crippen molar-refractivity contribution in [1.29, 1.82) is 0 Å². The lowest BCUT2D eigenvalue weighted by Gasteiger charge is -2.32. The summed E-state index contributed by atoms with van der Waals surface area (Å²) in [6.45, 7) is 2.32. The van der Waals surface area contributed by atoms with Crippen LogP contribution in [0.2, 0.25) is 0 Å². The number of nitrogens with one attached hydrogen (secondary N) is 1. The summed E-state index contributed by atoms with van der Waals surface area (Å²) in [5.41, 5.74) is 0.456. The highest BCUT2D eigenvalue weighted by molar-refractivity contribution is 7.92. The van der Waals surface area contributed by atoms with Crippen LogP contribution < -0.4 is 19.1 Å². The number of carbonyl (C=O) groups is 2. The van der Waals surface area contributed by atoms with Crippen molar-refractivity contribution in [2.24, 2.45) is 0 Å². The Hall–Kier alpha value is -3.34. The van der Waals surface area contributed by atoms with E-state index in [0.717, 1.165) is 30.0 Å². The van der Waals surface area contributed by atoms with Crippen LogP contribution >= 0.6 is 0 Å². The Bertz CT molecular complexity index is 1250. The second-order valence-electron chi connectivity index (χ2n) is 9.22. The fraction of sp³-hybridized carbons (Fsp3) is 0.462. The molecule has 2 aromatic rings. The van der Waals surface area contributed by atoms with Gasteiger partial charge in [-0.05, 0) is 44.9 Å². The number of hydrogen-bond acceptors (Lipinski definition) is 6. The van der Waals surface area contributed by atoms with E-state index in [9.17, 15) is 22.4 Å². The summed E-state index contributed by atoms with van der Waals surface area (Å²) in [6.07, 6.45) is 3.78. The van der Waals surface area contributed by atoms with Crippen LogP contribution in [0.3, 0.4) is 0 Å². The average molecular weight is 534 g/mol. The van der Waals surface area contributed by atoms with Crippen molar-refractivity contribution in [3.63, 3.8) is 0 Å². The van der Waals surface area contributed by atoms with Crippen LogP contribution in [0.15, 0.2) is 42.5 Å². The Balaban J connectivity index is 1.62. The zero-order chi connectivity index (χ0) is 26.6. The average Bonchev–Trinajstić information content (AvgIpc) is 3.57. The number of fused-ring (bicyclic) bond motifs is 1. The van der Waals surface area contributed by atoms with Gasteiger partial charge in [0.2, 0.25) is 28.6 Å². The summed E-state index contributed by atoms with van der Waals surface area (Å²) in [5, 5.41) is 2.98. The van der Waals surface area contributed by atoms with E-state index in [1.807, 2.05) is 0 Å². The van der Waals surface area contributed by atoms with Gasteiger partial charge in [0.25, 0.3) is 0 Å². The number of amides is 2. The van der Waals surface area contributed by atoms with Crippen molar-refractivity contribution in [1.82, 2.24) is 10.2 Å². The van der Waals surface area contributed by atoms with E-state index >= 15 is 0 Å². The molecule has 37 heavy (non-hydrogen) atoms. The maximum absolute atomic E-state index is 14.5. The van der Waals surface area contributed by atoms with Crippen LogP contribution in [0, 0.1) is 5.82 Å². The molecule has 9 nitrogen and oxygen atoms in total. The molecule has 1 atom stereocenters. The number of carbonyl (C=O) groups excluding carboxylic acids is 2. The van der Waals surface area contributed by atoms with Crippen molar-refractivity contribution >= 4 is 27.5 Å². The third kappa shape index (κ3) is 6.15. The van der Waals surface area contributed by atoms with Crippen LogP contribution in [0.5, 0.6) is 11.5 Å². The zero-order valence-electron chi connectivity index (χ0n) is 21.0. The molecule has 200 valence electrons. The zero-order valence-corrected chi connectivity index (χ0v) is 21.8. The van der Waals surface area contributed by atoms with Gasteiger partial charge in [-0.15, -0.1) is 0 Å². The number of benzene rings is 2. The second kappa shape index (κ2) is 11.4. The minimum absolute atomic E-state index is 0.0162. The molecule has 1 saturated carbocycles. The van der Waals surface area contributed by atoms with E-state index in [1.165, 1.54) is 42.2 Å². The molecule has 0 aromatic heterocycles. The molecular formula is C26H32FN3O6S. The molecule has 0 saturated heterocycles. The van der Waals surface area contributed by atoms with Crippen LogP contribution in [-0.2, 0) is 26.2 Å². The minimum atomic E-state index is -3.89. The topological polar surface area (TPSA) is 105 Å². The van der Waals surface area contributed by atoms with E-state index in [1.54, 1.807) is 19.1 Å². The van der Waals surface area contributed by atoms with Gasteiger partial charge in [0, 0.05) is 24.2 Å². The van der Waals surface area contributed by atoms with Crippen molar-refractivity contribution in [2.75, 3.05) is 23.4 Å². The number of anilines is 1. The van der Waals surface area contributed by atoms with Crippen LogP contribution in [-0.4, -0.2) is 56.3 Å². The van der Waals surface area contributed by atoms with E-state index in [0.29, 0.717) is 11.5 Å². The number of hydrogen-bond donors (Lipinski definition) is 1. The minimum Gasteiger partial charge on any atom is -0.454 e. The monoisotopic (exact) mass is 533 g/mol. The molecule has 0 radical (unpaired) electrons. The van der Waals surface area contributed by atoms with Crippen molar-refractivity contribution < 1.29 is 31.9 Å². The highest BCUT2D eigenvalue weighted by atomic mass is 32.2. The van der Waals surface area contributed by atoms with E-state index in [-0.39, 0.29) is 42.3 Å². The van der Waals surface area contributed by atoms with Gasteiger partial charge in [-0.3, -0.25) is 13.9 Å². The van der Waals surface area contributed by atoms with Gasteiger partial charge in [-0.2, -0.15) is 0 Å². The normalized spacial score (nSPS) is 15.9. The molecule has 0 bridgehead atoms. The smallest absolute Gasteiger partial charge is 0.244 e. The highest BCUT2D eigenvalue weighted by Crippen LogP contribution is 2.36. The predicted molar refractivity (Wildman–Crippen MR) is 136 cm³/mol. The lowest BCUT2D eigenvalue weighted by atomic mass is 10.1.